The molecule has 1 heterocycles. The van der Waals surface area contributed by atoms with Gasteiger partial charge in [0.2, 0.25) is 5.91 Å². The number of nitrogens with one attached hydrogen (secondary N) is 1. The van der Waals surface area contributed by atoms with Gasteiger partial charge in [0, 0.05) is 24.6 Å². The molecule has 0 aliphatic carbocycles. The normalized spacial score (nSPS) is 13.9. The van der Waals surface area contributed by atoms with Crippen LogP contribution in [0, 0.1) is 5.92 Å². The number of ether oxygens (including phenoxy) is 3. The van der Waals surface area contributed by atoms with E-state index in [0.717, 1.165) is 5.69 Å². The van der Waals surface area contributed by atoms with E-state index < -0.39 is 5.97 Å². The van der Waals surface area contributed by atoms with Crippen molar-refractivity contribution in [3.8, 4) is 11.5 Å². The molecule has 1 aliphatic heterocycles. The average Bonchev–Trinajstić information content (AvgIpc) is 2.82. The minimum atomic E-state index is -0.523. The molecule has 0 aromatic heterocycles. The number of hydrogen-bond donors (Lipinski definition) is 2. The lowest BCUT2D eigenvalue weighted by atomic mass is 9.96. The molecule has 1 aliphatic rings. The predicted molar refractivity (Wildman–Crippen MR) is 119 cm³/mol. The number of esters is 1. The summed E-state index contributed by atoms with van der Waals surface area (Å²) < 4.78 is 15.2. The van der Waals surface area contributed by atoms with Crippen molar-refractivity contribution in [2.24, 2.45) is 11.7 Å². The number of carbonyl (C=O) groups is 3. The van der Waals surface area contributed by atoms with Crippen molar-refractivity contribution < 1.29 is 28.6 Å². The van der Waals surface area contributed by atoms with Crippen molar-refractivity contribution in [2.45, 2.75) is 12.8 Å². The van der Waals surface area contributed by atoms with E-state index in [1.54, 1.807) is 18.2 Å². The molecular weight excluding hydrogens is 414 g/mol. The Hall–Kier alpha value is -3.75. The van der Waals surface area contributed by atoms with Gasteiger partial charge in [-0.05, 0) is 43.2 Å². The summed E-state index contributed by atoms with van der Waals surface area (Å²) in [5, 5.41) is 2.95. The van der Waals surface area contributed by atoms with E-state index in [9.17, 15) is 14.4 Å². The number of methoxy groups -OCH3 is 2. The number of anilines is 2. The van der Waals surface area contributed by atoms with Gasteiger partial charge in [-0.2, -0.15) is 0 Å². The molecular formula is C23H27N3O6. The summed E-state index contributed by atoms with van der Waals surface area (Å²) in [4.78, 5) is 37.8. The van der Waals surface area contributed by atoms with Crippen LogP contribution in [0.2, 0.25) is 0 Å². The van der Waals surface area contributed by atoms with Crippen molar-refractivity contribution in [3.63, 3.8) is 0 Å². The fourth-order valence-electron chi connectivity index (χ4n) is 3.58. The zero-order chi connectivity index (χ0) is 23.1. The second-order valence-corrected chi connectivity index (χ2v) is 7.37. The molecule has 9 nitrogen and oxygen atoms in total. The van der Waals surface area contributed by atoms with Gasteiger partial charge in [0.15, 0.2) is 18.1 Å². The number of amides is 2. The first-order chi connectivity index (χ1) is 15.4. The number of para-hydroxylation sites is 2. The van der Waals surface area contributed by atoms with E-state index in [2.05, 4.69) is 15.0 Å². The number of nitrogens with two attached hydrogens (primary N) is 1. The Labute approximate surface area is 186 Å². The Morgan fingerprint density at radius 2 is 1.78 bits per heavy atom. The number of nitrogens with zero attached hydrogens (tertiary/aromatic N) is 1. The molecule has 2 aromatic rings. The van der Waals surface area contributed by atoms with Crippen LogP contribution >= 0.6 is 0 Å². The van der Waals surface area contributed by atoms with Crippen LogP contribution in [-0.4, -0.2) is 51.7 Å². The van der Waals surface area contributed by atoms with E-state index >= 15 is 0 Å². The second kappa shape index (κ2) is 10.5. The maximum absolute atomic E-state index is 12.9. The van der Waals surface area contributed by atoms with E-state index in [0.29, 0.717) is 48.7 Å². The molecule has 170 valence electrons. The van der Waals surface area contributed by atoms with E-state index in [1.165, 1.54) is 14.2 Å². The Kier molecular flexibility index (Phi) is 7.54. The summed E-state index contributed by atoms with van der Waals surface area (Å²) in [6.07, 6.45) is 1.36. The van der Waals surface area contributed by atoms with Gasteiger partial charge in [-0.3, -0.25) is 9.59 Å². The minimum absolute atomic E-state index is 0.111. The topological polar surface area (TPSA) is 120 Å². The van der Waals surface area contributed by atoms with Crippen molar-refractivity contribution in [3.05, 3.63) is 48.0 Å². The predicted octanol–water partition coefficient (Wildman–Crippen LogP) is 2.20. The summed E-state index contributed by atoms with van der Waals surface area (Å²) in [6.45, 7) is 1.10. The maximum atomic E-state index is 12.9. The molecule has 0 saturated carbocycles. The molecule has 32 heavy (non-hydrogen) atoms. The van der Waals surface area contributed by atoms with Crippen LogP contribution in [0.15, 0.2) is 42.5 Å². The summed E-state index contributed by atoms with van der Waals surface area (Å²) in [5.41, 5.74) is 7.35. The molecule has 9 heteroatoms. The van der Waals surface area contributed by atoms with Gasteiger partial charge in [0.1, 0.15) is 0 Å². The lowest BCUT2D eigenvalue weighted by Crippen LogP contribution is -2.38. The Morgan fingerprint density at radius 3 is 2.44 bits per heavy atom. The Bertz CT molecular complexity index is 985. The maximum Gasteiger partial charge on any atom is 0.343 e. The molecule has 0 radical (unpaired) electrons. The molecule has 2 amide bonds. The summed E-state index contributed by atoms with van der Waals surface area (Å²) >= 11 is 0. The van der Waals surface area contributed by atoms with Crippen LogP contribution in [0.5, 0.6) is 11.5 Å². The highest BCUT2D eigenvalue weighted by Crippen LogP contribution is 2.32. The van der Waals surface area contributed by atoms with Crippen molar-refractivity contribution in [1.29, 1.82) is 0 Å². The number of carbonyl (C=O) groups excluding carboxylic acids is 3. The first-order valence-corrected chi connectivity index (χ1v) is 10.2. The smallest absolute Gasteiger partial charge is 0.343 e. The Balaban J connectivity index is 1.72. The van der Waals surface area contributed by atoms with E-state index in [-0.39, 0.29) is 24.3 Å². The number of primary amides is 1. The highest BCUT2D eigenvalue weighted by Gasteiger charge is 2.24. The highest BCUT2D eigenvalue weighted by molar-refractivity contribution is 6.06. The second-order valence-electron chi connectivity index (χ2n) is 7.37. The molecule has 3 N–H and O–H groups in total. The molecule has 0 atom stereocenters. The molecule has 3 rings (SSSR count). The largest absolute Gasteiger partial charge is 0.493 e. The summed E-state index contributed by atoms with van der Waals surface area (Å²) in [7, 11) is 2.72. The molecule has 1 saturated heterocycles. The lowest BCUT2D eigenvalue weighted by molar-refractivity contribution is -0.142. The Morgan fingerprint density at radius 1 is 1.06 bits per heavy atom. The van der Waals surface area contributed by atoms with Crippen LogP contribution in [0.1, 0.15) is 23.2 Å². The molecule has 0 unspecified atom stereocenters. The summed E-state index contributed by atoms with van der Waals surface area (Å²) in [5.74, 6) is -0.567. The SMILES string of the molecule is COC(=O)COc1ccc(C(=O)Nc2ccccc2N2CCC(C(N)=O)CC2)cc1OC. The van der Waals surface area contributed by atoms with Crippen molar-refractivity contribution >= 4 is 29.2 Å². The van der Waals surface area contributed by atoms with Gasteiger partial charge < -0.3 is 30.2 Å². The zero-order valence-electron chi connectivity index (χ0n) is 18.1. The lowest BCUT2D eigenvalue weighted by Gasteiger charge is -2.33. The van der Waals surface area contributed by atoms with Crippen LogP contribution in [0.25, 0.3) is 0 Å². The van der Waals surface area contributed by atoms with Gasteiger partial charge in [-0.1, -0.05) is 12.1 Å². The third-order valence-electron chi connectivity index (χ3n) is 5.39. The molecule has 1 fully saturated rings. The van der Waals surface area contributed by atoms with Gasteiger partial charge >= 0.3 is 5.97 Å². The molecule has 0 bridgehead atoms. The van der Waals surface area contributed by atoms with Crippen molar-refractivity contribution in [2.75, 3.05) is 44.1 Å². The highest BCUT2D eigenvalue weighted by atomic mass is 16.6. The van der Waals surface area contributed by atoms with Gasteiger partial charge in [0.25, 0.3) is 5.91 Å². The van der Waals surface area contributed by atoms with Crippen molar-refractivity contribution in [1.82, 2.24) is 0 Å². The fourth-order valence-corrected chi connectivity index (χ4v) is 3.58. The minimum Gasteiger partial charge on any atom is -0.493 e. The number of rotatable bonds is 8. The average molecular weight is 441 g/mol. The fraction of sp³-hybridized carbons (Fsp3) is 0.348. The number of benzene rings is 2. The standard InChI is InChI=1S/C23H27N3O6/c1-30-20-13-16(7-8-19(20)32-14-21(27)31-2)23(29)25-17-5-3-4-6-18(17)26-11-9-15(10-12-26)22(24)28/h3-8,13,15H,9-12,14H2,1-2H3,(H2,24,28)(H,25,29). The third kappa shape index (κ3) is 5.48. The van der Waals surface area contributed by atoms with Crippen LogP contribution < -0.4 is 25.4 Å². The quantitative estimate of drug-likeness (QED) is 0.603. The summed E-state index contributed by atoms with van der Waals surface area (Å²) in [6, 6.07) is 12.2. The van der Waals surface area contributed by atoms with Crippen LogP contribution in [-0.2, 0) is 14.3 Å². The van der Waals surface area contributed by atoms with E-state index in [1.807, 2.05) is 24.3 Å². The third-order valence-corrected chi connectivity index (χ3v) is 5.39. The van der Waals surface area contributed by atoms with Gasteiger partial charge in [-0.15, -0.1) is 0 Å². The number of piperidine rings is 1. The number of hydrogen-bond acceptors (Lipinski definition) is 7. The zero-order valence-corrected chi connectivity index (χ0v) is 18.1. The van der Waals surface area contributed by atoms with Gasteiger partial charge in [-0.25, -0.2) is 4.79 Å². The van der Waals surface area contributed by atoms with Crippen LogP contribution in [0.4, 0.5) is 11.4 Å². The first-order valence-electron chi connectivity index (χ1n) is 10.2. The molecule has 0 spiro atoms. The molecule has 2 aromatic carbocycles. The monoisotopic (exact) mass is 441 g/mol. The first kappa shape index (κ1) is 22.9. The van der Waals surface area contributed by atoms with Gasteiger partial charge in [0.05, 0.1) is 25.6 Å². The van der Waals surface area contributed by atoms with E-state index in [4.69, 9.17) is 15.2 Å². The van der Waals surface area contributed by atoms with Crippen LogP contribution in [0.3, 0.4) is 0 Å².